The van der Waals surface area contributed by atoms with Crippen molar-refractivity contribution >= 4 is 17.4 Å². The molecule has 0 saturated heterocycles. The van der Waals surface area contributed by atoms with Crippen molar-refractivity contribution in [2.75, 3.05) is 11.5 Å². The summed E-state index contributed by atoms with van der Waals surface area (Å²) in [5, 5.41) is 0. The van der Waals surface area contributed by atoms with Crippen LogP contribution in [0.25, 0.3) is 0 Å². The maximum absolute atomic E-state index is 5.74. The highest BCUT2D eigenvalue weighted by molar-refractivity contribution is 7.99. The molecule has 0 amide bonds. The van der Waals surface area contributed by atoms with Gasteiger partial charge in [-0.1, -0.05) is 12.8 Å². The highest BCUT2D eigenvalue weighted by atomic mass is 32.2. The lowest BCUT2D eigenvalue weighted by molar-refractivity contribution is 0.623. The highest BCUT2D eigenvalue weighted by Gasteiger charge is 2.15. The summed E-state index contributed by atoms with van der Waals surface area (Å²) in [6.45, 7) is 2.15. The molecular formula is C13H19NS. The number of rotatable bonds is 3. The van der Waals surface area contributed by atoms with Crippen LogP contribution in [-0.4, -0.2) is 5.75 Å². The predicted molar refractivity (Wildman–Crippen MR) is 68.3 cm³/mol. The van der Waals surface area contributed by atoms with Gasteiger partial charge in [0.05, 0.1) is 0 Å². The molecule has 2 N–H and O–H groups in total. The molecule has 1 aromatic carbocycles. The fourth-order valence-corrected chi connectivity index (χ4v) is 3.42. The molecule has 0 unspecified atom stereocenters. The van der Waals surface area contributed by atoms with Crippen LogP contribution in [0, 0.1) is 12.8 Å². The number of nitrogen functional groups attached to an aromatic ring is 1. The second-order valence-corrected chi connectivity index (χ2v) is 5.55. The molecule has 0 spiro atoms. The van der Waals surface area contributed by atoms with Crippen molar-refractivity contribution in [3.05, 3.63) is 23.8 Å². The number of aryl methyl sites for hydroxylation is 1. The molecule has 0 radical (unpaired) electrons. The number of anilines is 1. The molecule has 1 aromatic rings. The first kappa shape index (κ1) is 10.9. The van der Waals surface area contributed by atoms with Gasteiger partial charge in [0.1, 0.15) is 0 Å². The maximum Gasteiger partial charge on any atom is 0.0317 e. The van der Waals surface area contributed by atoms with Gasteiger partial charge in [-0.15, -0.1) is 11.8 Å². The quantitative estimate of drug-likeness (QED) is 0.619. The summed E-state index contributed by atoms with van der Waals surface area (Å²) in [5.41, 5.74) is 7.93. The van der Waals surface area contributed by atoms with Gasteiger partial charge < -0.3 is 5.73 Å². The number of hydrogen-bond acceptors (Lipinski definition) is 2. The van der Waals surface area contributed by atoms with Crippen molar-refractivity contribution in [1.82, 2.24) is 0 Å². The van der Waals surface area contributed by atoms with E-state index >= 15 is 0 Å². The number of nitrogens with two attached hydrogens (primary N) is 1. The molecular weight excluding hydrogens is 202 g/mol. The zero-order valence-corrected chi connectivity index (χ0v) is 10.1. The first-order valence-corrected chi connectivity index (χ1v) is 6.73. The van der Waals surface area contributed by atoms with E-state index in [-0.39, 0.29) is 0 Å². The van der Waals surface area contributed by atoms with E-state index < -0.39 is 0 Å². The second-order valence-electron chi connectivity index (χ2n) is 4.49. The van der Waals surface area contributed by atoms with Crippen LogP contribution in [0.5, 0.6) is 0 Å². The first-order chi connectivity index (χ1) is 7.25. The first-order valence-electron chi connectivity index (χ1n) is 5.74. The fourth-order valence-electron chi connectivity index (χ4n) is 2.22. The summed E-state index contributed by atoms with van der Waals surface area (Å²) in [6.07, 6.45) is 5.74. The van der Waals surface area contributed by atoms with Gasteiger partial charge in [-0.2, -0.15) is 0 Å². The molecule has 82 valence electrons. The Kier molecular flexibility index (Phi) is 3.57. The highest BCUT2D eigenvalue weighted by Crippen LogP contribution is 2.32. The molecule has 0 aliphatic heterocycles. The number of thioether (sulfide) groups is 1. The van der Waals surface area contributed by atoms with Crippen LogP contribution in [-0.2, 0) is 0 Å². The minimum Gasteiger partial charge on any atom is -0.399 e. The molecule has 0 heterocycles. The maximum atomic E-state index is 5.74. The van der Waals surface area contributed by atoms with Gasteiger partial charge in [0.25, 0.3) is 0 Å². The second kappa shape index (κ2) is 4.93. The predicted octanol–water partition coefficient (Wildman–Crippen LogP) is 3.86. The Labute approximate surface area is 96.4 Å². The Balaban J connectivity index is 1.92. The lowest BCUT2D eigenvalue weighted by Crippen LogP contribution is -1.97. The summed E-state index contributed by atoms with van der Waals surface area (Å²) in [5.74, 6) is 2.23. The Hall–Kier alpha value is -0.630. The van der Waals surface area contributed by atoms with Gasteiger partial charge in [0.15, 0.2) is 0 Å². The van der Waals surface area contributed by atoms with E-state index in [2.05, 4.69) is 19.1 Å². The van der Waals surface area contributed by atoms with Crippen LogP contribution in [0.4, 0.5) is 5.69 Å². The SMILES string of the molecule is Cc1cc(N)ccc1SCC1CCCC1. The van der Waals surface area contributed by atoms with E-state index in [0.717, 1.165) is 11.6 Å². The van der Waals surface area contributed by atoms with Crippen molar-refractivity contribution < 1.29 is 0 Å². The monoisotopic (exact) mass is 221 g/mol. The molecule has 2 heteroatoms. The van der Waals surface area contributed by atoms with Gasteiger partial charge >= 0.3 is 0 Å². The van der Waals surface area contributed by atoms with E-state index in [1.807, 2.05) is 17.8 Å². The zero-order valence-electron chi connectivity index (χ0n) is 9.33. The lowest BCUT2D eigenvalue weighted by atomic mass is 10.1. The van der Waals surface area contributed by atoms with Crippen LogP contribution in [0.1, 0.15) is 31.2 Å². The Morgan fingerprint density at radius 3 is 2.73 bits per heavy atom. The number of hydrogen-bond donors (Lipinski definition) is 1. The molecule has 15 heavy (non-hydrogen) atoms. The van der Waals surface area contributed by atoms with Gasteiger partial charge in [-0.25, -0.2) is 0 Å². The van der Waals surface area contributed by atoms with E-state index in [9.17, 15) is 0 Å². The molecule has 1 nitrogen and oxygen atoms in total. The third kappa shape index (κ3) is 2.91. The van der Waals surface area contributed by atoms with Gasteiger partial charge in [0, 0.05) is 16.3 Å². The topological polar surface area (TPSA) is 26.0 Å². The Bertz CT molecular complexity index is 329. The minimum atomic E-state index is 0.873. The van der Waals surface area contributed by atoms with Crippen LogP contribution < -0.4 is 5.73 Å². The third-order valence-electron chi connectivity index (χ3n) is 3.15. The van der Waals surface area contributed by atoms with Gasteiger partial charge in [-0.3, -0.25) is 0 Å². The van der Waals surface area contributed by atoms with Crippen molar-refractivity contribution in [2.45, 2.75) is 37.5 Å². The summed E-state index contributed by atoms with van der Waals surface area (Å²) in [4.78, 5) is 1.40. The largest absolute Gasteiger partial charge is 0.399 e. The molecule has 1 fully saturated rings. The summed E-state index contributed by atoms with van der Waals surface area (Å²) in [7, 11) is 0. The smallest absolute Gasteiger partial charge is 0.0317 e. The van der Waals surface area contributed by atoms with E-state index in [1.54, 1.807) is 0 Å². The van der Waals surface area contributed by atoms with E-state index in [0.29, 0.717) is 0 Å². The molecule has 2 rings (SSSR count). The van der Waals surface area contributed by atoms with Crippen molar-refractivity contribution in [1.29, 1.82) is 0 Å². The lowest BCUT2D eigenvalue weighted by Gasteiger charge is -2.10. The molecule has 0 bridgehead atoms. The third-order valence-corrected chi connectivity index (χ3v) is 4.56. The Morgan fingerprint density at radius 2 is 2.07 bits per heavy atom. The van der Waals surface area contributed by atoms with E-state index in [4.69, 9.17) is 5.73 Å². The average Bonchev–Trinajstić information content (AvgIpc) is 2.69. The van der Waals surface area contributed by atoms with Crippen molar-refractivity contribution in [3.63, 3.8) is 0 Å². The normalized spacial score (nSPS) is 17.1. The zero-order chi connectivity index (χ0) is 10.7. The van der Waals surface area contributed by atoms with E-state index in [1.165, 1.54) is 41.9 Å². The molecule has 1 aliphatic carbocycles. The van der Waals surface area contributed by atoms with Crippen LogP contribution in [0.15, 0.2) is 23.1 Å². The van der Waals surface area contributed by atoms with Crippen molar-refractivity contribution in [2.24, 2.45) is 5.92 Å². The molecule has 1 aliphatic rings. The standard InChI is InChI=1S/C13H19NS/c1-10-8-12(14)6-7-13(10)15-9-11-4-2-3-5-11/h6-8,11H,2-5,9,14H2,1H3. The summed E-state index contributed by atoms with van der Waals surface area (Å²) < 4.78 is 0. The van der Waals surface area contributed by atoms with Crippen LogP contribution >= 0.6 is 11.8 Å². The molecule has 1 saturated carbocycles. The Morgan fingerprint density at radius 1 is 1.33 bits per heavy atom. The summed E-state index contributed by atoms with van der Waals surface area (Å²) in [6, 6.07) is 6.23. The van der Waals surface area contributed by atoms with Gasteiger partial charge in [0.2, 0.25) is 0 Å². The molecule has 0 atom stereocenters. The van der Waals surface area contributed by atoms with Crippen LogP contribution in [0.3, 0.4) is 0 Å². The van der Waals surface area contributed by atoms with Gasteiger partial charge in [-0.05, 0) is 49.4 Å². The number of benzene rings is 1. The minimum absolute atomic E-state index is 0.873. The summed E-state index contributed by atoms with van der Waals surface area (Å²) >= 11 is 2.00. The fraction of sp³-hybridized carbons (Fsp3) is 0.538. The van der Waals surface area contributed by atoms with Crippen molar-refractivity contribution in [3.8, 4) is 0 Å². The average molecular weight is 221 g/mol. The van der Waals surface area contributed by atoms with Crippen LogP contribution in [0.2, 0.25) is 0 Å². The molecule has 0 aromatic heterocycles.